The lowest BCUT2D eigenvalue weighted by Crippen LogP contribution is -2.25. The molecule has 3 N–H and O–H groups in total. The zero-order valence-corrected chi connectivity index (χ0v) is 22.1. The third kappa shape index (κ3) is 8.45. The number of nitrogens with one attached hydrogen (secondary N) is 2. The van der Waals surface area contributed by atoms with Crippen LogP contribution < -0.4 is 15.4 Å². The van der Waals surface area contributed by atoms with Crippen molar-refractivity contribution in [1.82, 2.24) is 14.9 Å². The van der Waals surface area contributed by atoms with E-state index in [2.05, 4.69) is 20.6 Å². The van der Waals surface area contributed by atoms with Crippen molar-refractivity contribution >= 4 is 45.6 Å². The molecule has 1 aliphatic rings. The molecular weight excluding hydrogens is 577 g/mol. The smallest absolute Gasteiger partial charge is 0.422 e. The number of halogens is 6. The van der Waals surface area contributed by atoms with Crippen molar-refractivity contribution in [1.29, 1.82) is 0 Å². The van der Waals surface area contributed by atoms with Gasteiger partial charge < -0.3 is 25.2 Å². The number of alkyl halides is 3. The fourth-order valence-electron chi connectivity index (χ4n) is 4.07. The van der Waals surface area contributed by atoms with Gasteiger partial charge in [0.15, 0.2) is 12.4 Å². The summed E-state index contributed by atoms with van der Waals surface area (Å²) in [5.74, 6) is -3.25. The molecule has 2 aromatic carbocycles. The van der Waals surface area contributed by atoms with E-state index >= 15 is 0 Å². The molecule has 41 heavy (non-hydrogen) atoms. The highest BCUT2D eigenvalue weighted by atomic mass is 35.5. The van der Waals surface area contributed by atoms with E-state index in [4.69, 9.17) is 26.2 Å². The molecule has 1 aromatic heterocycles. The van der Waals surface area contributed by atoms with Crippen molar-refractivity contribution in [3.63, 3.8) is 0 Å². The van der Waals surface area contributed by atoms with Crippen LogP contribution in [-0.2, 0) is 9.53 Å². The van der Waals surface area contributed by atoms with E-state index in [-0.39, 0.29) is 53.3 Å². The SMILES string of the molecule is O=C(Nc1cc2c(Nc3ccc(F)c(Cl)c3)ncnc2cc1OCC(F)(F)F)/C(F)=C\CN1CC[C@@H](OCCO)C1. The number of amides is 1. The number of benzene rings is 2. The third-order valence-electron chi connectivity index (χ3n) is 5.98. The van der Waals surface area contributed by atoms with Gasteiger partial charge in [0.25, 0.3) is 5.91 Å². The minimum absolute atomic E-state index is 0.0928. The van der Waals surface area contributed by atoms with Crippen molar-refractivity contribution in [2.75, 3.05) is 50.1 Å². The highest BCUT2D eigenvalue weighted by Crippen LogP contribution is 2.35. The molecule has 15 heteroatoms. The van der Waals surface area contributed by atoms with E-state index in [9.17, 15) is 26.7 Å². The monoisotopic (exact) mass is 601 g/mol. The molecule has 0 saturated carbocycles. The second-order valence-electron chi connectivity index (χ2n) is 9.02. The summed E-state index contributed by atoms with van der Waals surface area (Å²) in [6.45, 7) is -0.417. The number of aromatic nitrogens is 2. The predicted octanol–water partition coefficient (Wildman–Crippen LogP) is 4.98. The standard InChI is InChI=1S/C26H25ClF5N5O4/c27-18-9-15(1-2-19(18)28)35-24-17-10-22(23(41-13-26(30,31)32)11-21(17)33-14-34-24)36-25(39)20(29)4-6-37-5-3-16(12-37)40-8-7-38/h1-2,4,9-11,14,16,38H,3,5-8,12-13H2,(H,36,39)(H,33,34,35)/b20-4+/t16-/m1/s1. The molecule has 220 valence electrons. The first kappa shape index (κ1) is 30.4. The highest BCUT2D eigenvalue weighted by Gasteiger charge is 2.29. The van der Waals surface area contributed by atoms with Crippen LogP contribution >= 0.6 is 11.6 Å². The minimum Gasteiger partial charge on any atom is -0.482 e. The van der Waals surface area contributed by atoms with Crippen LogP contribution in [0.4, 0.5) is 39.1 Å². The molecule has 0 aliphatic carbocycles. The fourth-order valence-corrected chi connectivity index (χ4v) is 4.25. The second kappa shape index (κ2) is 13.4. The van der Waals surface area contributed by atoms with Gasteiger partial charge in [-0.05, 0) is 36.8 Å². The molecular formula is C26H25ClF5N5O4. The number of aliphatic hydroxyl groups is 1. The van der Waals surface area contributed by atoms with Gasteiger partial charge in [-0.3, -0.25) is 9.69 Å². The molecule has 4 rings (SSSR count). The molecule has 0 bridgehead atoms. The summed E-state index contributed by atoms with van der Waals surface area (Å²) in [7, 11) is 0. The number of ether oxygens (including phenoxy) is 2. The fraction of sp³-hybridized carbons (Fsp3) is 0.346. The first-order valence-electron chi connectivity index (χ1n) is 12.3. The highest BCUT2D eigenvalue weighted by molar-refractivity contribution is 6.31. The number of anilines is 3. The minimum atomic E-state index is -4.68. The van der Waals surface area contributed by atoms with Crippen LogP contribution in [-0.4, -0.2) is 77.6 Å². The quantitative estimate of drug-likeness (QED) is 0.209. The number of rotatable bonds is 11. The van der Waals surface area contributed by atoms with Crippen LogP contribution in [0, 0.1) is 5.82 Å². The summed E-state index contributed by atoms with van der Waals surface area (Å²) < 4.78 is 77.4. The number of hydrogen-bond acceptors (Lipinski definition) is 8. The molecule has 0 radical (unpaired) electrons. The molecule has 1 amide bonds. The number of carbonyl (C=O) groups excluding carboxylic acids is 1. The maximum absolute atomic E-state index is 14.8. The second-order valence-corrected chi connectivity index (χ2v) is 9.42. The van der Waals surface area contributed by atoms with Crippen LogP contribution in [0.1, 0.15) is 6.42 Å². The van der Waals surface area contributed by atoms with Crippen LogP contribution in [0.25, 0.3) is 10.9 Å². The maximum Gasteiger partial charge on any atom is 0.422 e. The van der Waals surface area contributed by atoms with Gasteiger partial charge in [-0.1, -0.05) is 11.6 Å². The average Bonchev–Trinajstić information content (AvgIpc) is 3.39. The third-order valence-corrected chi connectivity index (χ3v) is 6.27. The van der Waals surface area contributed by atoms with Crippen LogP contribution in [0.5, 0.6) is 5.75 Å². The number of hydrogen-bond donors (Lipinski definition) is 3. The van der Waals surface area contributed by atoms with E-state index in [0.717, 1.165) is 24.5 Å². The van der Waals surface area contributed by atoms with Gasteiger partial charge in [0.2, 0.25) is 0 Å². The Kier molecular flexibility index (Phi) is 9.91. The molecule has 3 aromatic rings. The Morgan fingerprint density at radius 3 is 2.78 bits per heavy atom. The Balaban J connectivity index is 1.57. The lowest BCUT2D eigenvalue weighted by atomic mass is 10.1. The van der Waals surface area contributed by atoms with E-state index in [1.165, 1.54) is 18.2 Å². The Labute approximate surface area is 235 Å². The lowest BCUT2D eigenvalue weighted by Gasteiger charge is -2.16. The van der Waals surface area contributed by atoms with E-state index in [1.54, 1.807) is 0 Å². The van der Waals surface area contributed by atoms with Gasteiger partial charge in [0, 0.05) is 36.8 Å². The molecule has 2 heterocycles. The lowest BCUT2D eigenvalue weighted by molar-refractivity contribution is -0.153. The van der Waals surface area contributed by atoms with E-state index < -0.39 is 36.1 Å². The summed E-state index contributed by atoms with van der Waals surface area (Å²) in [5, 5.41) is 14.1. The van der Waals surface area contributed by atoms with Crippen molar-refractivity contribution in [2.24, 2.45) is 0 Å². The van der Waals surface area contributed by atoms with Crippen molar-refractivity contribution in [3.05, 3.63) is 59.4 Å². The van der Waals surface area contributed by atoms with Crippen molar-refractivity contribution in [3.8, 4) is 5.75 Å². The molecule has 1 atom stereocenters. The summed E-state index contributed by atoms with van der Waals surface area (Å²) in [4.78, 5) is 22.7. The molecule has 0 unspecified atom stereocenters. The zero-order valence-electron chi connectivity index (χ0n) is 21.3. The van der Waals surface area contributed by atoms with Crippen LogP contribution in [0.15, 0.2) is 48.6 Å². The molecule has 0 spiro atoms. The normalized spacial score (nSPS) is 16.3. The first-order chi connectivity index (χ1) is 19.5. The van der Waals surface area contributed by atoms with Crippen molar-refractivity contribution < 1.29 is 41.3 Å². The first-order valence-corrected chi connectivity index (χ1v) is 12.7. The summed E-state index contributed by atoms with van der Waals surface area (Å²) >= 11 is 5.83. The number of likely N-dealkylation sites (tertiary alicyclic amines) is 1. The Hall–Kier alpha value is -3.59. The van der Waals surface area contributed by atoms with Crippen LogP contribution in [0.2, 0.25) is 5.02 Å². The zero-order chi connectivity index (χ0) is 29.6. The summed E-state index contributed by atoms with van der Waals surface area (Å²) in [5.41, 5.74) is 0.233. The van der Waals surface area contributed by atoms with Gasteiger partial charge in [-0.15, -0.1) is 0 Å². The van der Waals surface area contributed by atoms with Gasteiger partial charge in [0.05, 0.1) is 35.5 Å². The van der Waals surface area contributed by atoms with Gasteiger partial charge >= 0.3 is 6.18 Å². The Morgan fingerprint density at radius 2 is 2.05 bits per heavy atom. The van der Waals surface area contributed by atoms with Gasteiger partial charge in [0.1, 0.15) is 23.7 Å². The topological polar surface area (TPSA) is 109 Å². The number of aliphatic hydroxyl groups excluding tert-OH is 1. The molecule has 1 saturated heterocycles. The van der Waals surface area contributed by atoms with Crippen molar-refractivity contribution in [2.45, 2.75) is 18.7 Å². The van der Waals surface area contributed by atoms with Crippen LogP contribution in [0.3, 0.4) is 0 Å². The largest absolute Gasteiger partial charge is 0.482 e. The van der Waals surface area contributed by atoms with E-state index in [1.807, 2.05) is 4.90 Å². The molecule has 1 aliphatic heterocycles. The molecule has 1 fully saturated rings. The summed E-state index contributed by atoms with van der Waals surface area (Å²) in [6.07, 6.45) is -1.93. The molecule has 9 nitrogen and oxygen atoms in total. The predicted molar refractivity (Wildman–Crippen MR) is 141 cm³/mol. The average molecular weight is 602 g/mol. The van der Waals surface area contributed by atoms with Gasteiger partial charge in [-0.25, -0.2) is 18.7 Å². The van der Waals surface area contributed by atoms with Gasteiger partial charge in [-0.2, -0.15) is 13.2 Å². The van der Waals surface area contributed by atoms with E-state index in [0.29, 0.717) is 25.2 Å². The Bertz CT molecular complexity index is 1430. The number of carbonyl (C=O) groups is 1. The number of nitrogens with zero attached hydrogens (tertiary/aromatic N) is 3. The summed E-state index contributed by atoms with van der Waals surface area (Å²) in [6, 6.07) is 6.21. The Morgan fingerprint density at radius 1 is 1.24 bits per heavy atom. The maximum atomic E-state index is 14.8. The number of fused-ring (bicyclic) bond motifs is 1.